The molecule has 0 bridgehead atoms. The quantitative estimate of drug-likeness (QED) is 0.578. The van der Waals surface area contributed by atoms with Crippen LogP contribution in [0.25, 0.3) is 10.9 Å². The van der Waals surface area contributed by atoms with Gasteiger partial charge in [-0.3, -0.25) is 4.79 Å². The fourth-order valence-electron chi connectivity index (χ4n) is 4.99. The van der Waals surface area contributed by atoms with Gasteiger partial charge in [0, 0.05) is 60.7 Å². The number of methoxy groups -OCH3 is 1. The molecule has 0 radical (unpaired) electrons. The molecule has 0 unspecified atom stereocenters. The molecular formula is C25H27N3O5S. The molecule has 0 saturated carbocycles. The Morgan fingerprint density at radius 3 is 2.47 bits per heavy atom. The smallest absolute Gasteiger partial charge is 0.337 e. The van der Waals surface area contributed by atoms with Crippen LogP contribution in [0.4, 0.5) is 0 Å². The molecule has 5 rings (SSSR count). The third-order valence-corrected chi connectivity index (χ3v) is 8.81. The first kappa shape index (κ1) is 22.6. The number of carbonyl (C=O) groups is 2. The Labute approximate surface area is 198 Å². The molecule has 2 aliphatic heterocycles. The van der Waals surface area contributed by atoms with Gasteiger partial charge < -0.3 is 14.6 Å². The number of sulfonamides is 1. The summed E-state index contributed by atoms with van der Waals surface area (Å²) < 4.78 is 32.1. The normalized spacial score (nSPS) is 17.5. The fraction of sp³-hybridized carbons (Fsp3) is 0.360. The molecule has 1 amide bonds. The molecule has 2 aliphatic rings. The number of aromatic amines is 1. The summed E-state index contributed by atoms with van der Waals surface area (Å²) in [5.74, 6) is -0.515. The van der Waals surface area contributed by atoms with Crippen molar-refractivity contribution in [2.75, 3.05) is 26.7 Å². The third kappa shape index (κ3) is 3.99. The van der Waals surface area contributed by atoms with Crippen LogP contribution in [0.2, 0.25) is 0 Å². The minimum absolute atomic E-state index is 0.0703. The standard InChI is InChI=1S/C25H27N3O5S/c1-33-25(30)18-7-8-22-20(15-18)21-16-27(12-11-23(21)26-22)24(29)17-9-13-28(14-10-17)34(31,32)19-5-3-2-4-6-19/h2-8,15,17,26H,9-14,16H2,1H3. The van der Waals surface area contributed by atoms with Crippen molar-refractivity contribution in [1.29, 1.82) is 0 Å². The summed E-state index contributed by atoms with van der Waals surface area (Å²) in [6.07, 6.45) is 1.73. The Kier molecular flexibility index (Phi) is 5.91. The second-order valence-corrected chi connectivity index (χ2v) is 10.8. The molecule has 1 N–H and O–H groups in total. The van der Waals surface area contributed by atoms with Crippen molar-refractivity contribution in [3.63, 3.8) is 0 Å². The number of rotatable bonds is 4. The summed E-state index contributed by atoms with van der Waals surface area (Å²) in [6.45, 7) is 1.76. The number of hydrogen-bond acceptors (Lipinski definition) is 5. The number of fused-ring (bicyclic) bond motifs is 3. The number of nitrogens with one attached hydrogen (secondary N) is 1. The zero-order valence-electron chi connectivity index (χ0n) is 19.0. The SMILES string of the molecule is COC(=O)c1ccc2[nH]c3c(c2c1)CN(C(=O)C1CCN(S(=O)(=O)c2ccccc2)CC1)CC3. The highest BCUT2D eigenvalue weighted by Gasteiger charge is 2.35. The van der Waals surface area contributed by atoms with E-state index < -0.39 is 16.0 Å². The van der Waals surface area contributed by atoms with Crippen LogP contribution in [0.1, 0.15) is 34.5 Å². The molecule has 1 saturated heterocycles. The van der Waals surface area contributed by atoms with E-state index in [1.807, 2.05) is 17.0 Å². The van der Waals surface area contributed by atoms with Gasteiger partial charge >= 0.3 is 5.97 Å². The van der Waals surface area contributed by atoms with E-state index >= 15 is 0 Å². The van der Waals surface area contributed by atoms with Crippen LogP contribution >= 0.6 is 0 Å². The van der Waals surface area contributed by atoms with Crippen molar-refractivity contribution < 1.29 is 22.7 Å². The maximum atomic E-state index is 13.3. The fourth-order valence-corrected chi connectivity index (χ4v) is 6.48. The van der Waals surface area contributed by atoms with Crippen LogP contribution in [-0.2, 0) is 32.5 Å². The van der Waals surface area contributed by atoms with E-state index in [1.54, 1.807) is 36.4 Å². The molecule has 3 aromatic rings. The van der Waals surface area contributed by atoms with Gasteiger partial charge in [0.2, 0.25) is 15.9 Å². The molecule has 2 aromatic carbocycles. The van der Waals surface area contributed by atoms with Gasteiger partial charge in [-0.05, 0) is 43.2 Å². The molecule has 0 atom stereocenters. The van der Waals surface area contributed by atoms with E-state index in [-0.39, 0.29) is 16.7 Å². The van der Waals surface area contributed by atoms with Crippen LogP contribution in [0.5, 0.6) is 0 Å². The van der Waals surface area contributed by atoms with E-state index in [9.17, 15) is 18.0 Å². The number of esters is 1. The number of piperidine rings is 1. The lowest BCUT2D eigenvalue weighted by Crippen LogP contribution is -2.45. The van der Waals surface area contributed by atoms with Crippen molar-refractivity contribution in [2.45, 2.75) is 30.7 Å². The van der Waals surface area contributed by atoms with Crippen molar-refractivity contribution in [3.8, 4) is 0 Å². The highest BCUT2D eigenvalue weighted by molar-refractivity contribution is 7.89. The van der Waals surface area contributed by atoms with E-state index in [1.165, 1.54) is 11.4 Å². The second-order valence-electron chi connectivity index (χ2n) is 8.84. The predicted octanol–water partition coefficient (Wildman–Crippen LogP) is 2.94. The van der Waals surface area contributed by atoms with Gasteiger partial charge in [-0.25, -0.2) is 13.2 Å². The van der Waals surface area contributed by atoms with Crippen molar-refractivity contribution in [3.05, 3.63) is 65.4 Å². The molecular weight excluding hydrogens is 454 g/mol. The van der Waals surface area contributed by atoms with Crippen molar-refractivity contribution >= 4 is 32.8 Å². The maximum absolute atomic E-state index is 13.3. The number of ether oxygens (including phenoxy) is 1. The molecule has 0 aliphatic carbocycles. The van der Waals surface area contributed by atoms with E-state index in [2.05, 4.69) is 4.98 Å². The molecule has 1 fully saturated rings. The predicted molar refractivity (Wildman–Crippen MR) is 127 cm³/mol. The van der Waals surface area contributed by atoms with Crippen LogP contribution in [0, 0.1) is 5.92 Å². The summed E-state index contributed by atoms with van der Waals surface area (Å²) in [5, 5.41) is 0.930. The van der Waals surface area contributed by atoms with Crippen LogP contribution in [-0.4, -0.2) is 61.2 Å². The zero-order chi connectivity index (χ0) is 23.9. The number of H-pyrrole nitrogens is 1. The summed E-state index contributed by atoms with van der Waals surface area (Å²) in [4.78, 5) is 30.9. The molecule has 3 heterocycles. The van der Waals surface area contributed by atoms with Gasteiger partial charge in [0.25, 0.3) is 0 Å². The average molecular weight is 482 g/mol. The molecule has 1 aromatic heterocycles. The Balaban J connectivity index is 1.29. The van der Waals surface area contributed by atoms with Gasteiger partial charge in [0.15, 0.2) is 0 Å². The summed E-state index contributed by atoms with van der Waals surface area (Å²) >= 11 is 0. The van der Waals surface area contributed by atoms with Gasteiger partial charge in [0.1, 0.15) is 0 Å². The Morgan fingerprint density at radius 2 is 1.76 bits per heavy atom. The van der Waals surface area contributed by atoms with Crippen LogP contribution < -0.4 is 0 Å². The minimum Gasteiger partial charge on any atom is -0.465 e. The molecule has 178 valence electrons. The Hall–Kier alpha value is -3.17. The van der Waals surface area contributed by atoms with Gasteiger partial charge in [-0.1, -0.05) is 18.2 Å². The average Bonchev–Trinajstić information content (AvgIpc) is 3.25. The topological polar surface area (TPSA) is 99.8 Å². The molecule has 0 spiro atoms. The third-order valence-electron chi connectivity index (χ3n) is 6.89. The first-order chi connectivity index (χ1) is 16.4. The summed E-state index contributed by atoms with van der Waals surface area (Å²) in [7, 11) is -2.18. The minimum atomic E-state index is -3.54. The lowest BCUT2D eigenvalue weighted by Gasteiger charge is -2.35. The van der Waals surface area contributed by atoms with Crippen molar-refractivity contribution in [1.82, 2.24) is 14.2 Å². The van der Waals surface area contributed by atoms with E-state index in [4.69, 9.17) is 4.74 Å². The van der Waals surface area contributed by atoms with E-state index in [0.29, 0.717) is 51.0 Å². The Bertz CT molecular complexity index is 1340. The number of amides is 1. The highest BCUT2D eigenvalue weighted by Crippen LogP contribution is 2.31. The highest BCUT2D eigenvalue weighted by atomic mass is 32.2. The zero-order valence-corrected chi connectivity index (χ0v) is 19.8. The number of nitrogens with zero attached hydrogens (tertiary/aromatic N) is 2. The number of aromatic nitrogens is 1. The van der Waals surface area contributed by atoms with Gasteiger partial charge in [0.05, 0.1) is 17.6 Å². The first-order valence-corrected chi connectivity index (χ1v) is 12.9. The first-order valence-electron chi connectivity index (χ1n) is 11.4. The number of benzene rings is 2. The lowest BCUT2D eigenvalue weighted by atomic mass is 9.94. The largest absolute Gasteiger partial charge is 0.465 e. The maximum Gasteiger partial charge on any atom is 0.337 e. The van der Waals surface area contributed by atoms with E-state index in [0.717, 1.165) is 22.2 Å². The lowest BCUT2D eigenvalue weighted by molar-refractivity contribution is -0.137. The summed E-state index contributed by atoms with van der Waals surface area (Å²) in [6, 6.07) is 13.8. The molecule has 34 heavy (non-hydrogen) atoms. The molecule has 8 nitrogen and oxygen atoms in total. The Morgan fingerprint density at radius 1 is 1.03 bits per heavy atom. The van der Waals surface area contributed by atoms with Crippen molar-refractivity contribution in [2.24, 2.45) is 5.92 Å². The van der Waals surface area contributed by atoms with Crippen LogP contribution in [0.3, 0.4) is 0 Å². The number of carbonyl (C=O) groups excluding carboxylic acids is 2. The second kappa shape index (κ2) is 8.88. The van der Waals surface area contributed by atoms with Gasteiger partial charge in [-0.2, -0.15) is 4.31 Å². The van der Waals surface area contributed by atoms with Gasteiger partial charge in [-0.15, -0.1) is 0 Å². The monoisotopic (exact) mass is 481 g/mol. The summed E-state index contributed by atoms with van der Waals surface area (Å²) in [5.41, 5.74) is 3.54. The molecule has 9 heteroatoms. The van der Waals surface area contributed by atoms with Crippen LogP contribution in [0.15, 0.2) is 53.4 Å². The number of hydrogen-bond donors (Lipinski definition) is 1.